The van der Waals surface area contributed by atoms with Crippen LogP contribution in [0.1, 0.15) is 23.3 Å². The van der Waals surface area contributed by atoms with Crippen molar-refractivity contribution in [3.63, 3.8) is 0 Å². The first kappa shape index (κ1) is 20.4. The van der Waals surface area contributed by atoms with Gasteiger partial charge in [0.2, 0.25) is 5.91 Å². The molecule has 1 fully saturated rings. The number of hydrogen-bond acceptors (Lipinski definition) is 5. The number of aromatic nitrogens is 2. The summed E-state index contributed by atoms with van der Waals surface area (Å²) in [5.41, 5.74) is 2.30. The first-order valence-electron chi connectivity index (χ1n) is 9.95. The summed E-state index contributed by atoms with van der Waals surface area (Å²) >= 11 is 0. The largest absolute Gasteiger partial charge is 0.483 e. The Bertz CT molecular complexity index is 1150. The highest BCUT2D eigenvalue weighted by Crippen LogP contribution is 2.36. The van der Waals surface area contributed by atoms with Crippen LogP contribution in [0.5, 0.6) is 0 Å². The molecular weight excluding hydrogens is 398 g/mol. The number of likely N-dealkylation sites (tertiary alicyclic amines) is 1. The molecule has 2 aliphatic heterocycles. The van der Waals surface area contributed by atoms with Crippen molar-refractivity contribution in [1.82, 2.24) is 14.5 Å². The van der Waals surface area contributed by atoms with Gasteiger partial charge in [-0.3, -0.25) is 14.4 Å². The van der Waals surface area contributed by atoms with Crippen molar-refractivity contribution in [2.45, 2.75) is 18.4 Å². The summed E-state index contributed by atoms with van der Waals surface area (Å²) in [5.74, 6) is -0.115. The number of para-hydroxylation sites is 2. The fourth-order valence-corrected chi connectivity index (χ4v) is 4.12. The maximum absolute atomic E-state index is 13.0. The van der Waals surface area contributed by atoms with Crippen LogP contribution < -0.4 is 10.6 Å². The molecule has 0 bridgehead atoms. The molecule has 5 rings (SSSR count). The molecule has 2 amide bonds. The van der Waals surface area contributed by atoms with E-state index in [1.807, 2.05) is 54.2 Å². The van der Waals surface area contributed by atoms with Gasteiger partial charge in [0.25, 0.3) is 12.4 Å². The van der Waals surface area contributed by atoms with Crippen LogP contribution in [0.25, 0.3) is 11.0 Å². The van der Waals surface area contributed by atoms with Crippen LogP contribution in [-0.2, 0) is 16.6 Å². The van der Waals surface area contributed by atoms with Gasteiger partial charge in [-0.05, 0) is 43.2 Å². The van der Waals surface area contributed by atoms with E-state index < -0.39 is 5.54 Å². The van der Waals surface area contributed by atoms with E-state index in [1.54, 1.807) is 11.0 Å². The highest BCUT2D eigenvalue weighted by atomic mass is 16.3. The van der Waals surface area contributed by atoms with Gasteiger partial charge in [-0.15, -0.1) is 0 Å². The fourth-order valence-electron chi connectivity index (χ4n) is 4.12. The van der Waals surface area contributed by atoms with Crippen LogP contribution in [0.15, 0.2) is 48.7 Å². The molecule has 2 aromatic heterocycles. The summed E-state index contributed by atoms with van der Waals surface area (Å²) < 4.78 is 1.91. The number of aryl methyl sites for hydroxylation is 1. The second kappa shape index (κ2) is 8.10. The Balaban J connectivity index is 0.000000730. The average molecular weight is 421 g/mol. The quantitative estimate of drug-likeness (QED) is 0.519. The smallest absolute Gasteiger partial charge is 0.290 e. The summed E-state index contributed by atoms with van der Waals surface area (Å²) in [7, 11) is 1.92. The maximum atomic E-state index is 13.0. The molecule has 1 saturated heterocycles. The molecule has 4 heterocycles. The average Bonchev–Trinajstić information content (AvgIpc) is 3.15. The third-order valence-corrected chi connectivity index (χ3v) is 5.82. The van der Waals surface area contributed by atoms with Gasteiger partial charge in [-0.25, -0.2) is 4.98 Å². The molecule has 3 N–H and O–H groups in total. The Morgan fingerprint density at radius 2 is 1.81 bits per heavy atom. The van der Waals surface area contributed by atoms with Crippen LogP contribution in [0.2, 0.25) is 0 Å². The lowest BCUT2D eigenvalue weighted by Crippen LogP contribution is -2.59. The third kappa shape index (κ3) is 3.70. The van der Waals surface area contributed by atoms with Crippen LogP contribution in [0, 0.1) is 0 Å². The van der Waals surface area contributed by atoms with E-state index >= 15 is 0 Å². The van der Waals surface area contributed by atoms with Gasteiger partial charge in [0, 0.05) is 31.7 Å². The highest BCUT2D eigenvalue weighted by Gasteiger charge is 2.45. The van der Waals surface area contributed by atoms with E-state index in [0.717, 1.165) is 22.4 Å². The van der Waals surface area contributed by atoms with Crippen molar-refractivity contribution < 1.29 is 19.5 Å². The number of piperidine rings is 1. The molecule has 0 unspecified atom stereocenters. The molecule has 2 aliphatic rings. The van der Waals surface area contributed by atoms with Crippen molar-refractivity contribution in [3.05, 3.63) is 54.4 Å². The van der Waals surface area contributed by atoms with Crippen LogP contribution in [-0.4, -0.2) is 56.5 Å². The zero-order valence-corrected chi connectivity index (χ0v) is 17.0. The highest BCUT2D eigenvalue weighted by molar-refractivity contribution is 6.06. The number of amides is 2. The van der Waals surface area contributed by atoms with Crippen molar-refractivity contribution in [1.29, 1.82) is 0 Å². The van der Waals surface area contributed by atoms with Crippen molar-refractivity contribution in [3.8, 4) is 0 Å². The fraction of sp³-hybridized carbons (Fsp3) is 0.273. The minimum absolute atomic E-state index is 0.0262. The summed E-state index contributed by atoms with van der Waals surface area (Å²) in [6.07, 6.45) is 3.05. The van der Waals surface area contributed by atoms with Gasteiger partial charge in [0.15, 0.2) is 0 Å². The lowest BCUT2D eigenvalue weighted by Gasteiger charge is -2.44. The zero-order valence-electron chi connectivity index (χ0n) is 17.0. The molecule has 31 heavy (non-hydrogen) atoms. The van der Waals surface area contributed by atoms with E-state index in [1.165, 1.54) is 0 Å². The van der Waals surface area contributed by atoms with Crippen LogP contribution in [0.4, 0.5) is 11.4 Å². The van der Waals surface area contributed by atoms with Crippen molar-refractivity contribution >= 4 is 40.7 Å². The number of pyridine rings is 1. The number of benzene rings is 1. The molecule has 9 nitrogen and oxygen atoms in total. The van der Waals surface area contributed by atoms with E-state index in [9.17, 15) is 9.59 Å². The van der Waals surface area contributed by atoms with Gasteiger partial charge in [-0.2, -0.15) is 0 Å². The Labute approximate surface area is 178 Å². The van der Waals surface area contributed by atoms with E-state index in [0.29, 0.717) is 31.6 Å². The number of carbonyl (C=O) groups excluding carboxylic acids is 2. The zero-order chi connectivity index (χ0) is 22.0. The molecule has 0 aliphatic carbocycles. The Morgan fingerprint density at radius 3 is 2.52 bits per heavy atom. The minimum atomic E-state index is -0.666. The number of fused-ring (bicyclic) bond motifs is 2. The van der Waals surface area contributed by atoms with Crippen molar-refractivity contribution in [2.75, 3.05) is 23.7 Å². The molecular formula is C22H23N5O4. The molecule has 0 atom stereocenters. The number of hydrogen-bond donors (Lipinski definition) is 3. The number of carboxylic acid groups (broad SMARTS) is 1. The standard InChI is InChI=1S/C21H21N5O2.CH2O2/c1-25-11-8-14-6-7-17(22-18(14)25)19(27)26-12-9-21(10-13-26)20(28)23-15-4-2-3-5-16(15)24-21;2-1-3/h2-8,11,24H,9-10,12-13H2,1H3,(H,23,28);1H,(H,2,3). The predicted molar refractivity (Wildman–Crippen MR) is 116 cm³/mol. The molecule has 0 radical (unpaired) electrons. The first-order valence-corrected chi connectivity index (χ1v) is 9.95. The summed E-state index contributed by atoms with van der Waals surface area (Å²) in [4.78, 5) is 40.4. The molecule has 9 heteroatoms. The van der Waals surface area contributed by atoms with Gasteiger partial charge >= 0.3 is 0 Å². The topological polar surface area (TPSA) is 117 Å². The van der Waals surface area contributed by atoms with Crippen molar-refractivity contribution in [2.24, 2.45) is 7.05 Å². The number of anilines is 2. The van der Waals surface area contributed by atoms with Gasteiger partial charge in [0.1, 0.15) is 16.9 Å². The van der Waals surface area contributed by atoms with Crippen LogP contribution >= 0.6 is 0 Å². The molecule has 3 aromatic rings. The Hall–Kier alpha value is -3.88. The first-order chi connectivity index (χ1) is 15.0. The lowest BCUT2D eigenvalue weighted by molar-refractivity contribution is -0.123. The van der Waals surface area contributed by atoms with Gasteiger partial charge in [-0.1, -0.05) is 12.1 Å². The molecule has 1 aromatic carbocycles. The molecule has 160 valence electrons. The summed E-state index contributed by atoms with van der Waals surface area (Å²) in [6.45, 7) is 0.766. The predicted octanol–water partition coefficient (Wildman–Crippen LogP) is 2.31. The molecule has 0 saturated carbocycles. The lowest BCUT2D eigenvalue weighted by atomic mass is 9.84. The third-order valence-electron chi connectivity index (χ3n) is 5.82. The second-order valence-corrected chi connectivity index (χ2v) is 7.64. The summed E-state index contributed by atoms with van der Waals surface area (Å²) in [5, 5.41) is 14.3. The van der Waals surface area contributed by atoms with E-state index in [2.05, 4.69) is 15.6 Å². The minimum Gasteiger partial charge on any atom is -0.483 e. The summed E-state index contributed by atoms with van der Waals surface area (Å²) in [6, 6.07) is 13.4. The Morgan fingerprint density at radius 1 is 1.13 bits per heavy atom. The van der Waals surface area contributed by atoms with Crippen LogP contribution in [0.3, 0.4) is 0 Å². The van der Waals surface area contributed by atoms with E-state index in [4.69, 9.17) is 9.90 Å². The number of carbonyl (C=O) groups is 3. The van der Waals surface area contributed by atoms with E-state index in [-0.39, 0.29) is 18.3 Å². The SMILES string of the molecule is Cn1ccc2ccc(C(=O)N3CCC4(CC3)Nc3ccccc3NC4=O)nc21.O=CO. The maximum Gasteiger partial charge on any atom is 0.290 e. The van der Waals surface area contributed by atoms with Gasteiger partial charge < -0.3 is 25.2 Å². The number of nitrogens with zero attached hydrogens (tertiary/aromatic N) is 3. The van der Waals surface area contributed by atoms with Gasteiger partial charge in [0.05, 0.1) is 11.4 Å². The second-order valence-electron chi connectivity index (χ2n) is 7.64. The monoisotopic (exact) mass is 421 g/mol. The Kier molecular flexibility index (Phi) is 5.33. The molecule has 1 spiro atoms. The number of rotatable bonds is 1. The normalized spacial score (nSPS) is 16.5. The number of nitrogens with one attached hydrogen (secondary N) is 2.